The predicted octanol–water partition coefficient (Wildman–Crippen LogP) is 2.39. The monoisotopic (exact) mass is 302 g/mol. The fourth-order valence-corrected chi connectivity index (χ4v) is 4.08. The van der Waals surface area contributed by atoms with Gasteiger partial charge in [0.25, 0.3) is 0 Å². The quantitative estimate of drug-likeness (QED) is 0.599. The van der Waals surface area contributed by atoms with Crippen molar-refractivity contribution in [2.75, 3.05) is 17.2 Å². The Morgan fingerprint density at radius 1 is 1.42 bits per heavy atom. The van der Waals surface area contributed by atoms with Crippen LogP contribution in [0.1, 0.15) is 25.8 Å². The predicted molar refractivity (Wildman–Crippen MR) is 83.0 cm³/mol. The minimum atomic E-state index is -3.49. The molecule has 1 aromatic rings. The highest BCUT2D eigenvalue weighted by atomic mass is 32.2. The van der Waals surface area contributed by atoms with Crippen LogP contribution in [0.4, 0.5) is 5.69 Å². The third kappa shape index (κ3) is 4.71. The van der Waals surface area contributed by atoms with Gasteiger partial charge in [-0.2, -0.15) is 11.8 Å². The molecule has 1 aromatic carbocycles. The van der Waals surface area contributed by atoms with Crippen LogP contribution in [0.3, 0.4) is 0 Å². The topological polar surface area (TPSA) is 72.2 Å². The molecule has 0 spiro atoms. The molecule has 3 N–H and O–H groups in total. The Morgan fingerprint density at radius 2 is 2.11 bits per heavy atom. The number of hydrogen-bond donors (Lipinski definition) is 2. The van der Waals surface area contributed by atoms with Crippen LogP contribution in [0.25, 0.3) is 0 Å². The summed E-state index contributed by atoms with van der Waals surface area (Å²) >= 11 is 1.81. The van der Waals surface area contributed by atoms with Crippen molar-refractivity contribution in [3.05, 3.63) is 23.8 Å². The highest BCUT2D eigenvalue weighted by Gasteiger charge is 2.20. The number of thioether (sulfide) groups is 1. The van der Waals surface area contributed by atoms with Crippen LogP contribution in [0.2, 0.25) is 0 Å². The molecule has 0 radical (unpaired) electrons. The molecule has 1 rings (SSSR count). The molecule has 108 valence electrons. The summed E-state index contributed by atoms with van der Waals surface area (Å²) in [5.74, 6) is 2.00. The molecule has 0 saturated heterocycles. The van der Waals surface area contributed by atoms with Gasteiger partial charge in [0.05, 0.1) is 4.90 Å². The number of nitrogens with one attached hydrogen (secondary N) is 1. The van der Waals surface area contributed by atoms with Gasteiger partial charge in [0.1, 0.15) is 0 Å². The van der Waals surface area contributed by atoms with Gasteiger partial charge >= 0.3 is 0 Å². The molecule has 1 unspecified atom stereocenters. The van der Waals surface area contributed by atoms with Crippen molar-refractivity contribution in [1.29, 1.82) is 0 Å². The minimum absolute atomic E-state index is 0.0788. The summed E-state index contributed by atoms with van der Waals surface area (Å²) in [4.78, 5) is 0.266. The van der Waals surface area contributed by atoms with Crippen LogP contribution < -0.4 is 10.5 Å². The lowest BCUT2D eigenvalue weighted by atomic mass is 10.2. The van der Waals surface area contributed by atoms with E-state index < -0.39 is 10.0 Å². The Morgan fingerprint density at radius 3 is 2.74 bits per heavy atom. The molecule has 0 saturated carbocycles. The highest BCUT2D eigenvalue weighted by molar-refractivity contribution is 7.99. The van der Waals surface area contributed by atoms with E-state index in [1.807, 2.05) is 18.7 Å². The molecule has 0 aliphatic heterocycles. The van der Waals surface area contributed by atoms with E-state index in [4.69, 9.17) is 5.73 Å². The fourth-order valence-electron chi connectivity index (χ4n) is 1.71. The number of hydrogen-bond acceptors (Lipinski definition) is 4. The maximum Gasteiger partial charge on any atom is 0.241 e. The normalized spacial score (nSPS) is 13.4. The first-order valence-corrected chi connectivity index (χ1v) is 8.97. The van der Waals surface area contributed by atoms with Gasteiger partial charge in [-0.25, -0.2) is 13.1 Å². The van der Waals surface area contributed by atoms with Crippen molar-refractivity contribution in [2.24, 2.45) is 0 Å². The van der Waals surface area contributed by atoms with Gasteiger partial charge in [-0.3, -0.25) is 0 Å². The van der Waals surface area contributed by atoms with Crippen LogP contribution in [-0.2, 0) is 10.0 Å². The lowest BCUT2D eigenvalue weighted by Gasteiger charge is -2.15. The standard InChI is InChI=1S/C13H22N2O2S2/c1-4-18-9-8-10(2)15-19(16,17)13-7-5-6-12(14)11(13)3/h5-7,10,15H,4,8-9,14H2,1-3H3. The van der Waals surface area contributed by atoms with Gasteiger partial charge in [-0.05, 0) is 49.5 Å². The molecule has 0 heterocycles. The maximum atomic E-state index is 12.3. The first-order chi connectivity index (χ1) is 8.88. The average Bonchev–Trinajstić information content (AvgIpc) is 2.32. The zero-order valence-corrected chi connectivity index (χ0v) is 13.3. The van der Waals surface area contributed by atoms with Crippen LogP contribution in [0, 0.1) is 6.92 Å². The van der Waals surface area contributed by atoms with E-state index in [1.54, 1.807) is 25.1 Å². The first kappa shape index (κ1) is 16.3. The molecule has 1 atom stereocenters. The number of anilines is 1. The van der Waals surface area contributed by atoms with E-state index in [1.165, 1.54) is 0 Å². The van der Waals surface area contributed by atoms with Gasteiger partial charge in [-0.1, -0.05) is 13.0 Å². The van der Waals surface area contributed by atoms with Gasteiger partial charge in [-0.15, -0.1) is 0 Å². The molecule has 0 fully saturated rings. The van der Waals surface area contributed by atoms with Crippen LogP contribution in [-0.4, -0.2) is 26.0 Å². The fraction of sp³-hybridized carbons (Fsp3) is 0.538. The summed E-state index contributed by atoms with van der Waals surface area (Å²) in [6, 6.07) is 4.87. The van der Waals surface area contributed by atoms with Crippen molar-refractivity contribution >= 4 is 27.5 Å². The Bertz CT molecular complexity index is 515. The summed E-state index contributed by atoms with van der Waals surface area (Å²) in [6.07, 6.45) is 0.819. The van der Waals surface area contributed by atoms with Crippen molar-refractivity contribution in [3.63, 3.8) is 0 Å². The summed E-state index contributed by atoms with van der Waals surface area (Å²) in [6.45, 7) is 5.70. The summed E-state index contributed by atoms with van der Waals surface area (Å²) in [5, 5.41) is 0. The molecule has 0 aliphatic rings. The smallest absolute Gasteiger partial charge is 0.241 e. The number of nitrogens with two attached hydrogens (primary N) is 1. The zero-order valence-electron chi connectivity index (χ0n) is 11.6. The molecule has 6 heteroatoms. The zero-order chi connectivity index (χ0) is 14.5. The summed E-state index contributed by atoms with van der Waals surface area (Å²) in [5.41, 5.74) is 6.85. The van der Waals surface area contributed by atoms with Gasteiger partial charge in [0, 0.05) is 11.7 Å². The number of benzene rings is 1. The van der Waals surface area contributed by atoms with E-state index in [0.29, 0.717) is 11.3 Å². The van der Waals surface area contributed by atoms with Crippen molar-refractivity contribution in [3.8, 4) is 0 Å². The van der Waals surface area contributed by atoms with E-state index in [9.17, 15) is 8.42 Å². The number of sulfonamides is 1. The largest absolute Gasteiger partial charge is 0.398 e. The lowest BCUT2D eigenvalue weighted by Crippen LogP contribution is -2.33. The molecule has 0 amide bonds. The SMILES string of the molecule is CCSCCC(C)NS(=O)(=O)c1cccc(N)c1C. The maximum absolute atomic E-state index is 12.3. The molecular weight excluding hydrogens is 280 g/mol. The van der Waals surface area contributed by atoms with E-state index in [0.717, 1.165) is 17.9 Å². The molecule has 0 bridgehead atoms. The summed E-state index contributed by atoms with van der Waals surface area (Å²) < 4.78 is 27.3. The minimum Gasteiger partial charge on any atom is -0.398 e. The van der Waals surface area contributed by atoms with Gasteiger partial charge in [0.15, 0.2) is 0 Å². The second-order valence-corrected chi connectivity index (χ2v) is 7.55. The van der Waals surface area contributed by atoms with Crippen molar-refractivity contribution < 1.29 is 8.42 Å². The molecule has 4 nitrogen and oxygen atoms in total. The lowest BCUT2D eigenvalue weighted by molar-refractivity contribution is 0.556. The van der Waals surface area contributed by atoms with Crippen molar-refractivity contribution in [1.82, 2.24) is 4.72 Å². The number of nitrogen functional groups attached to an aromatic ring is 1. The van der Waals surface area contributed by atoms with E-state index in [-0.39, 0.29) is 10.9 Å². The number of rotatable bonds is 7. The first-order valence-electron chi connectivity index (χ1n) is 6.33. The molecule has 0 aliphatic carbocycles. The Labute approximate surface area is 120 Å². The average molecular weight is 302 g/mol. The van der Waals surface area contributed by atoms with Gasteiger partial charge in [0.2, 0.25) is 10.0 Å². The van der Waals surface area contributed by atoms with Crippen LogP contribution >= 0.6 is 11.8 Å². The second kappa shape index (κ2) is 7.17. The third-order valence-corrected chi connectivity index (χ3v) is 5.54. The van der Waals surface area contributed by atoms with Gasteiger partial charge < -0.3 is 5.73 Å². The Balaban J connectivity index is 2.78. The molecule has 19 heavy (non-hydrogen) atoms. The van der Waals surface area contributed by atoms with E-state index >= 15 is 0 Å². The highest BCUT2D eigenvalue weighted by Crippen LogP contribution is 2.20. The molecular formula is C13H22N2O2S2. The third-order valence-electron chi connectivity index (χ3n) is 2.87. The second-order valence-electron chi connectivity index (χ2n) is 4.48. The van der Waals surface area contributed by atoms with E-state index in [2.05, 4.69) is 11.6 Å². The Hall–Kier alpha value is -0.720. The van der Waals surface area contributed by atoms with Crippen molar-refractivity contribution in [2.45, 2.75) is 38.1 Å². The molecule has 0 aromatic heterocycles. The van der Waals surface area contributed by atoms with Crippen LogP contribution in [0.15, 0.2) is 23.1 Å². The summed E-state index contributed by atoms with van der Waals surface area (Å²) in [7, 11) is -3.49. The van der Waals surface area contributed by atoms with Crippen LogP contribution in [0.5, 0.6) is 0 Å². The Kier molecular flexibility index (Phi) is 6.16.